The van der Waals surface area contributed by atoms with E-state index in [0.29, 0.717) is 13.2 Å². The highest BCUT2D eigenvalue weighted by Gasteiger charge is 2.34. The van der Waals surface area contributed by atoms with E-state index >= 15 is 0 Å². The number of likely N-dealkylation sites (tertiary alicyclic amines) is 1. The van der Waals surface area contributed by atoms with E-state index in [9.17, 15) is 9.59 Å². The lowest BCUT2D eigenvalue weighted by Gasteiger charge is -2.37. The molecule has 2 aromatic carbocycles. The maximum absolute atomic E-state index is 13.4. The van der Waals surface area contributed by atoms with Crippen molar-refractivity contribution in [3.05, 3.63) is 59.2 Å². The zero-order valence-corrected chi connectivity index (χ0v) is 22.3. The second-order valence-corrected chi connectivity index (χ2v) is 10.6. The minimum Gasteiger partial charge on any atom is -0.466 e. The summed E-state index contributed by atoms with van der Waals surface area (Å²) in [4.78, 5) is 34.9. The number of fused-ring (bicyclic) bond motifs is 1. The fourth-order valence-corrected chi connectivity index (χ4v) is 5.82. The molecular formula is C30H38N4O3. The summed E-state index contributed by atoms with van der Waals surface area (Å²) in [6.07, 6.45) is 3.26. The topological polar surface area (TPSA) is 67.7 Å². The van der Waals surface area contributed by atoms with Gasteiger partial charge in [0, 0.05) is 32.1 Å². The van der Waals surface area contributed by atoms with Gasteiger partial charge in [0.15, 0.2) is 0 Å². The fourth-order valence-electron chi connectivity index (χ4n) is 5.82. The number of ether oxygens (including phenoxy) is 1. The summed E-state index contributed by atoms with van der Waals surface area (Å²) in [5.74, 6) is 0.806. The third kappa shape index (κ3) is 5.36. The molecule has 0 bridgehead atoms. The van der Waals surface area contributed by atoms with Crippen LogP contribution in [0.4, 0.5) is 5.95 Å². The molecule has 1 atom stereocenters. The number of carbonyl (C=O) groups excluding carboxylic acids is 2. The highest BCUT2D eigenvalue weighted by Crippen LogP contribution is 2.30. The molecule has 1 aromatic heterocycles. The highest BCUT2D eigenvalue weighted by atomic mass is 16.5. The third-order valence-electron chi connectivity index (χ3n) is 7.95. The summed E-state index contributed by atoms with van der Waals surface area (Å²) in [7, 11) is 0. The largest absolute Gasteiger partial charge is 0.466 e. The van der Waals surface area contributed by atoms with E-state index in [0.717, 1.165) is 68.8 Å². The first-order valence-corrected chi connectivity index (χ1v) is 13.7. The first kappa shape index (κ1) is 25.3. The molecule has 2 aliphatic heterocycles. The molecule has 3 aromatic rings. The molecule has 2 fully saturated rings. The van der Waals surface area contributed by atoms with Crippen molar-refractivity contribution in [3.8, 4) is 0 Å². The summed E-state index contributed by atoms with van der Waals surface area (Å²) in [5.41, 5.74) is 5.97. The third-order valence-corrected chi connectivity index (χ3v) is 7.95. The van der Waals surface area contributed by atoms with E-state index in [1.54, 1.807) is 0 Å². The van der Waals surface area contributed by atoms with Crippen LogP contribution >= 0.6 is 0 Å². The second-order valence-electron chi connectivity index (χ2n) is 10.6. The Morgan fingerprint density at radius 3 is 2.57 bits per heavy atom. The Hall–Kier alpha value is -3.35. The standard InChI is InChI=1S/C30H38N4O3/c1-4-37-29(36)24-8-7-15-33(19-24)28(35)23-13-16-32(17-14-23)30-31-26-9-5-6-10-27(26)34(30)20-25-18-21(2)11-12-22(25)3/h5-6,9-12,18,23-24H,4,7-8,13-17,19-20H2,1-3H3. The van der Waals surface area contributed by atoms with Crippen LogP contribution in [-0.4, -0.2) is 59.1 Å². The van der Waals surface area contributed by atoms with E-state index in [-0.39, 0.29) is 23.7 Å². The quantitative estimate of drug-likeness (QED) is 0.457. The smallest absolute Gasteiger partial charge is 0.310 e. The van der Waals surface area contributed by atoms with Gasteiger partial charge in [0.2, 0.25) is 11.9 Å². The molecule has 0 spiro atoms. The number of piperidine rings is 2. The number of aromatic nitrogens is 2. The van der Waals surface area contributed by atoms with E-state index in [1.807, 2.05) is 17.9 Å². The minimum absolute atomic E-state index is 0.00552. The van der Waals surface area contributed by atoms with Crippen LogP contribution in [0.5, 0.6) is 0 Å². The number of hydrogen-bond donors (Lipinski definition) is 0. The number of carbonyl (C=O) groups is 2. The van der Waals surface area contributed by atoms with Gasteiger partial charge in [0.1, 0.15) is 0 Å². The van der Waals surface area contributed by atoms with Crippen LogP contribution in [0, 0.1) is 25.7 Å². The zero-order valence-electron chi connectivity index (χ0n) is 22.3. The molecule has 7 heteroatoms. The van der Waals surface area contributed by atoms with Gasteiger partial charge >= 0.3 is 5.97 Å². The summed E-state index contributed by atoms with van der Waals surface area (Å²) >= 11 is 0. The monoisotopic (exact) mass is 502 g/mol. The number of rotatable bonds is 6. The summed E-state index contributed by atoms with van der Waals surface area (Å²) in [6, 6.07) is 14.9. The van der Waals surface area contributed by atoms with Crippen molar-refractivity contribution >= 4 is 28.9 Å². The SMILES string of the molecule is CCOC(=O)C1CCCN(C(=O)C2CCN(c3nc4ccccc4n3Cc3cc(C)ccc3C)CC2)C1. The fraction of sp³-hybridized carbons (Fsp3) is 0.500. The van der Waals surface area contributed by atoms with Crippen molar-refractivity contribution in [1.29, 1.82) is 0 Å². The Bertz CT molecular complexity index is 1280. The van der Waals surface area contributed by atoms with Gasteiger partial charge in [-0.25, -0.2) is 4.98 Å². The number of amides is 1. The Morgan fingerprint density at radius 1 is 1.00 bits per heavy atom. The van der Waals surface area contributed by atoms with Crippen molar-refractivity contribution in [2.45, 2.75) is 53.0 Å². The first-order valence-electron chi connectivity index (χ1n) is 13.7. The molecular weight excluding hydrogens is 464 g/mol. The predicted octanol–water partition coefficient (Wildman–Crippen LogP) is 4.72. The van der Waals surface area contributed by atoms with Gasteiger partial charge in [-0.15, -0.1) is 0 Å². The van der Waals surface area contributed by atoms with Crippen molar-refractivity contribution in [3.63, 3.8) is 0 Å². The number of imidazole rings is 1. The van der Waals surface area contributed by atoms with Crippen molar-refractivity contribution in [2.24, 2.45) is 11.8 Å². The van der Waals surface area contributed by atoms with Crippen LogP contribution in [0.15, 0.2) is 42.5 Å². The van der Waals surface area contributed by atoms with Gasteiger partial charge < -0.3 is 19.1 Å². The lowest BCUT2D eigenvalue weighted by atomic mass is 9.92. The molecule has 7 nitrogen and oxygen atoms in total. The number of anilines is 1. The van der Waals surface area contributed by atoms with Gasteiger partial charge in [-0.2, -0.15) is 0 Å². The Morgan fingerprint density at radius 2 is 1.78 bits per heavy atom. The predicted molar refractivity (Wildman–Crippen MR) is 146 cm³/mol. The number of nitrogens with zero attached hydrogens (tertiary/aromatic N) is 4. The van der Waals surface area contributed by atoms with E-state index in [2.05, 4.69) is 59.7 Å². The van der Waals surface area contributed by atoms with Gasteiger partial charge in [0.05, 0.1) is 30.1 Å². The van der Waals surface area contributed by atoms with E-state index in [1.165, 1.54) is 16.7 Å². The van der Waals surface area contributed by atoms with E-state index < -0.39 is 0 Å². The molecule has 2 aliphatic rings. The van der Waals surface area contributed by atoms with Crippen molar-refractivity contribution in [2.75, 3.05) is 37.7 Å². The van der Waals surface area contributed by atoms with Crippen LogP contribution in [0.25, 0.3) is 11.0 Å². The van der Waals surface area contributed by atoms with Crippen LogP contribution in [0.1, 0.15) is 49.3 Å². The summed E-state index contributed by atoms with van der Waals surface area (Å²) in [6.45, 7) is 10.1. The van der Waals surface area contributed by atoms with E-state index in [4.69, 9.17) is 9.72 Å². The van der Waals surface area contributed by atoms with Gasteiger partial charge in [-0.3, -0.25) is 9.59 Å². The number of para-hydroxylation sites is 2. The molecule has 37 heavy (non-hydrogen) atoms. The summed E-state index contributed by atoms with van der Waals surface area (Å²) in [5, 5.41) is 0. The molecule has 1 amide bonds. The van der Waals surface area contributed by atoms with Gasteiger partial charge in [0.25, 0.3) is 0 Å². The second kappa shape index (κ2) is 11.0. The number of benzene rings is 2. The maximum atomic E-state index is 13.4. The van der Waals surface area contributed by atoms with Gasteiger partial charge in [-0.1, -0.05) is 35.9 Å². The first-order chi connectivity index (χ1) is 17.9. The minimum atomic E-state index is -0.192. The Kier molecular flexibility index (Phi) is 7.49. The summed E-state index contributed by atoms with van der Waals surface area (Å²) < 4.78 is 7.54. The molecule has 1 unspecified atom stereocenters. The van der Waals surface area contributed by atoms with Crippen LogP contribution < -0.4 is 4.90 Å². The molecule has 5 rings (SSSR count). The number of esters is 1. The molecule has 3 heterocycles. The number of aryl methyl sites for hydroxylation is 2. The highest BCUT2D eigenvalue weighted by molar-refractivity contribution is 5.81. The lowest BCUT2D eigenvalue weighted by molar-refractivity contribution is -0.152. The Balaban J connectivity index is 1.30. The maximum Gasteiger partial charge on any atom is 0.310 e. The molecule has 2 saturated heterocycles. The molecule has 0 aliphatic carbocycles. The molecule has 0 N–H and O–H groups in total. The van der Waals surface area contributed by atoms with Gasteiger partial charge in [-0.05, 0) is 69.7 Å². The van der Waals surface area contributed by atoms with Crippen molar-refractivity contribution in [1.82, 2.24) is 14.5 Å². The number of hydrogen-bond acceptors (Lipinski definition) is 5. The zero-order chi connectivity index (χ0) is 25.9. The molecule has 0 radical (unpaired) electrons. The van der Waals surface area contributed by atoms with Crippen molar-refractivity contribution < 1.29 is 14.3 Å². The molecule has 0 saturated carbocycles. The van der Waals surface area contributed by atoms with Crippen LogP contribution in [-0.2, 0) is 20.9 Å². The average Bonchev–Trinajstić information content (AvgIpc) is 3.29. The van der Waals surface area contributed by atoms with Crippen LogP contribution in [0.2, 0.25) is 0 Å². The lowest BCUT2D eigenvalue weighted by Crippen LogP contribution is -2.48. The van der Waals surface area contributed by atoms with Crippen LogP contribution in [0.3, 0.4) is 0 Å². The normalized spacial score (nSPS) is 18.8. The molecule has 196 valence electrons. The average molecular weight is 503 g/mol. The Labute approximate surface area is 219 Å².